The normalized spacial score (nSPS) is 20.6. The first-order valence-electron chi connectivity index (χ1n) is 4.69. The van der Waals surface area contributed by atoms with Crippen LogP contribution in [0, 0.1) is 0 Å². The molecule has 3 aliphatic rings. The van der Waals surface area contributed by atoms with E-state index in [1.807, 2.05) is 0 Å². The van der Waals surface area contributed by atoms with Gasteiger partial charge in [-0.2, -0.15) is 0 Å². The Balaban J connectivity index is 2.06. The van der Waals surface area contributed by atoms with E-state index in [0.717, 1.165) is 0 Å². The fourth-order valence-electron chi connectivity index (χ4n) is 2.38. The number of hydrogen-bond donors (Lipinski definition) is 0. The summed E-state index contributed by atoms with van der Waals surface area (Å²) in [5.41, 5.74) is 8.93. The summed E-state index contributed by atoms with van der Waals surface area (Å²) in [5.74, 6) is 0. The minimum absolute atomic E-state index is 1.24. The molecule has 0 N–H and O–H groups in total. The Morgan fingerprint density at radius 2 is 1.85 bits per heavy atom. The number of hydrogen-bond acceptors (Lipinski definition) is 0. The Bertz CT molecular complexity index is 521. The third-order valence-corrected chi connectivity index (χ3v) is 3.11. The van der Waals surface area contributed by atoms with Crippen molar-refractivity contribution in [3.8, 4) is 0 Å². The van der Waals surface area contributed by atoms with E-state index in [4.69, 9.17) is 0 Å². The van der Waals surface area contributed by atoms with Gasteiger partial charge in [-0.25, -0.2) is 0 Å². The minimum atomic E-state index is 1.24. The van der Waals surface area contributed by atoms with Crippen LogP contribution in [0.1, 0.15) is 17.5 Å². The lowest BCUT2D eigenvalue weighted by Crippen LogP contribution is -1.81. The summed E-state index contributed by atoms with van der Waals surface area (Å²) in [7, 11) is 0. The fourth-order valence-corrected chi connectivity index (χ4v) is 2.38. The fraction of sp³-hybridized carbons (Fsp3) is 0.0769. The van der Waals surface area contributed by atoms with Crippen molar-refractivity contribution in [1.82, 2.24) is 0 Å². The van der Waals surface area contributed by atoms with Crippen molar-refractivity contribution in [1.29, 1.82) is 0 Å². The van der Waals surface area contributed by atoms with E-state index in [0.29, 0.717) is 0 Å². The standard InChI is InChI=1S/C13H8/c1-2-4-10-8(3-1)5-13-11-6-9(11)7-12(10)13/h1-5,7H,6H2. The lowest BCUT2D eigenvalue weighted by molar-refractivity contribution is 1.47. The van der Waals surface area contributed by atoms with Gasteiger partial charge in [0.1, 0.15) is 0 Å². The molecule has 4 rings (SSSR count). The van der Waals surface area contributed by atoms with Crippen molar-refractivity contribution in [3.05, 3.63) is 58.2 Å². The maximum Gasteiger partial charge on any atom is -0.00135 e. The van der Waals surface area contributed by atoms with E-state index in [-0.39, 0.29) is 0 Å². The van der Waals surface area contributed by atoms with Crippen LogP contribution in [0.25, 0.3) is 11.6 Å². The molecular weight excluding hydrogens is 156 g/mol. The second-order valence-corrected chi connectivity index (χ2v) is 3.88. The van der Waals surface area contributed by atoms with Gasteiger partial charge in [0.2, 0.25) is 0 Å². The van der Waals surface area contributed by atoms with Crippen molar-refractivity contribution in [2.24, 2.45) is 0 Å². The highest BCUT2D eigenvalue weighted by Gasteiger charge is 2.35. The SMILES string of the molecule is C1=C2C(=CC3=C2C3)c2ccccc21. The first kappa shape index (κ1) is 5.98. The predicted molar refractivity (Wildman–Crippen MR) is 54.0 cm³/mol. The molecule has 13 heavy (non-hydrogen) atoms. The zero-order chi connectivity index (χ0) is 8.41. The average molecular weight is 164 g/mol. The van der Waals surface area contributed by atoms with Gasteiger partial charge in [0, 0.05) is 0 Å². The van der Waals surface area contributed by atoms with Crippen LogP contribution < -0.4 is 0 Å². The molecule has 1 aromatic carbocycles. The van der Waals surface area contributed by atoms with Gasteiger partial charge in [0.05, 0.1) is 0 Å². The molecule has 0 bridgehead atoms. The molecule has 0 amide bonds. The summed E-state index contributed by atoms with van der Waals surface area (Å²) >= 11 is 0. The van der Waals surface area contributed by atoms with Crippen molar-refractivity contribution in [2.45, 2.75) is 6.42 Å². The molecule has 60 valence electrons. The first-order valence-corrected chi connectivity index (χ1v) is 4.69. The second kappa shape index (κ2) is 1.69. The Morgan fingerprint density at radius 3 is 2.85 bits per heavy atom. The summed E-state index contributed by atoms with van der Waals surface area (Å²) in [5, 5.41) is 0. The van der Waals surface area contributed by atoms with Gasteiger partial charge in [-0.3, -0.25) is 0 Å². The van der Waals surface area contributed by atoms with Gasteiger partial charge in [0.25, 0.3) is 0 Å². The van der Waals surface area contributed by atoms with Crippen molar-refractivity contribution in [3.63, 3.8) is 0 Å². The van der Waals surface area contributed by atoms with Crippen LogP contribution in [-0.4, -0.2) is 0 Å². The van der Waals surface area contributed by atoms with Gasteiger partial charge in [-0.15, -0.1) is 0 Å². The van der Waals surface area contributed by atoms with Crippen molar-refractivity contribution >= 4 is 11.6 Å². The third-order valence-electron chi connectivity index (χ3n) is 3.11. The van der Waals surface area contributed by atoms with Crippen LogP contribution in [0.3, 0.4) is 0 Å². The molecule has 0 saturated heterocycles. The third kappa shape index (κ3) is 0.592. The molecule has 0 saturated carbocycles. The molecule has 0 nitrogen and oxygen atoms in total. The first-order chi connectivity index (χ1) is 6.43. The average Bonchev–Trinajstić information content (AvgIpc) is 2.68. The highest BCUT2D eigenvalue weighted by Crippen LogP contribution is 2.54. The number of rotatable bonds is 0. The van der Waals surface area contributed by atoms with Crippen LogP contribution in [0.15, 0.2) is 47.1 Å². The number of allylic oxidation sites excluding steroid dienone is 5. The van der Waals surface area contributed by atoms with Gasteiger partial charge in [0.15, 0.2) is 0 Å². The largest absolute Gasteiger partial charge is 0.0616 e. The predicted octanol–water partition coefficient (Wildman–Crippen LogP) is 3.18. The summed E-state index contributed by atoms with van der Waals surface area (Å²) in [4.78, 5) is 0. The molecule has 0 fully saturated rings. The second-order valence-electron chi connectivity index (χ2n) is 3.88. The maximum absolute atomic E-state index is 2.35. The highest BCUT2D eigenvalue weighted by molar-refractivity contribution is 6.04. The monoisotopic (exact) mass is 164 g/mol. The van der Waals surface area contributed by atoms with Crippen LogP contribution >= 0.6 is 0 Å². The molecule has 0 heteroatoms. The molecule has 0 aliphatic heterocycles. The smallest absolute Gasteiger partial charge is 0.00135 e. The highest BCUT2D eigenvalue weighted by atomic mass is 14.4. The lowest BCUT2D eigenvalue weighted by atomic mass is 10.0. The number of benzene rings is 1. The lowest BCUT2D eigenvalue weighted by Gasteiger charge is -2.01. The zero-order valence-electron chi connectivity index (χ0n) is 7.17. The van der Waals surface area contributed by atoms with Crippen molar-refractivity contribution in [2.75, 3.05) is 0 Å². The van der Waals surface area contributed by atoms with Gasteiger partial charge < -0.3 is 0 Å². The van der Waals surface area contributed by atoms with E-state index < -0.39 is 0 Å². The van der Waals surface area contributed by atoms with E-state index in [9.17, 15) is 0 Å². The zero-order valence-corrected chi connectivity index (χ0v) is 7.17. The van der Waals surface area contributed by atoms with Gasteiger partial charge in [-0.05, 0) is 52.0 Å². The summed E-state index contributed by atoms with van der Waals surface area (Å²) < 4.78 is 0. The Hall–Kier alpha value is -1.56. The number of fused-ring (bicyclic) bond motifs is 4. The molecule has 0 radical (unpaired) electrons. The van der Waals surface area contributed by atoms with E-state index in [1.54, 1.807) is 11.1 Å². The summed E-state index contributed by atoms with van der Waals surface area (Å²) in [6.07, 6.45) is 5.92. The molecular formula is C13H8. The summed E-state index contributed by atoms with van der Waals surface area (Å²) in [6, 6.07) is 8.65. The van der Waals surface area contributed by atoms with Crippen LogP contribution in [-0.2, 0) is 0 Å². The maximum atomic E-state index is 2.35. The Morgan fingerprint density at radius 1 is 0.923 bits per heavy atom. The van der Waals surface area contributed by atoms with E-state index in [2.05, 4.69) is 36.4 Å². The topological polar surface area (TPSA) is 0 Å². The van der Waals surface area contributed by atoms with Crippen LogP contribution in [0.4, 0.5) is 0 Å². The van der Waals surface area contributed by atoms with Gasteiger partial charge >= 0.3 is 0 Å². The van der Waals surface area contributed by atoms with E-state index in [1.165, 1.54) is 28.7 Å². The minimum Gasteiger partial charge on any atom is -0.0616 e. The van der Waals surface area contributed by atoms with E-state index >= 15 is 0 Å². The molecule has 0 heterocycles. The summed E-state index contributed by atoms with van der Waals surface area (Å²) in [6.45, 7) is 0. The Labute approximate surface area is 76.9 Å². The molecule has 1 aromatic rings. The van der Waals surface area contributed by atoms with Gasteiger partial charge in [-0.1, -0.05) is 24.3 Å². The van der Waals surface area contributed by atoms with Crippen LogP contribution in [0.2, 0.25) is 0 Å². The van der Waals surface area contributed by atoms with Crippen LogP contribution in [0.5, 0.6) is 0 Å². The molecule has 3 aliphatic carbocycles. The van der Waals surface area contributed by atoms with Crippen molar-refractivity contribution < 1.29 is 0 Å². The molecule has 0 spiro atoms. The molecule has 0 atom stereocenters. The molecule has 0 aromatic heterocycles. The molecule has 0 unspecified atom stereocenters. The Kier molecular flexibility index (Phi) is 0.779. The quantitative estimate of drug-likeness (QED) is 0.552.